The molecule has 0 N–H and O–H groups in total. The van der Waals surface area contributed by atoms with E-state index in [0.717, 1.165) is 0 Å². The van der Waals surface area contributed by atoms with Gasteiger partial charge in [-0.3, -0.25) is 4.39 Å². The van der Waals surface area contributed by atoms with Crippen molar-refractivity contribution in [3.63, 3.8) is 0 Å². The first-order valence-corrected chi connectivity index (χ1v) is 2.82. The molecule has 0 aromatic rings. The number of alkyl halides is 4. The van der Waals surface area contributed by atoms with Gasteiger partial charge in [0.05, 0.1) is 6.67 Å². The van der Waals surface area contributed by atoms with Gasteiger partial charge in [0.1, 0.15) is 0 Å². The Hall–Kier alpha value is 0.800. The quantitative estimate of drug-likeness (QED) is 0.502. The minimum atomic E-state index is -1.33. The topological polar surface area (TPSA) is 0 Å². The van der Waals surface area contributed by atoms with Crippen molar-refractivity contribution in [2.24, 2.45) is 0 Å². The summed E-state index contributed by atoms with van der Waals surface area (Å²) in [5.41, 5.74) is 0. The Morgan fingerprint density at radius 3 is 1.38 bits per heavy atom. The maximum Gasteiger partial charge on any atom is 0.190 e. The van der Waals surface area contributed by atoms with Crippen molar-refractivity contribution >= 4 is 34.8 Å². The number of halogens is 4. The van der Waals surface area contributed by atoms with Gasteiger partial charge in [-0.2, -0.15) is 0 Å². The van der Waals surface area contributed by atoms with E-state index < -0.39 is 10.5 Å². The van der Waals surface area contributed by atoms with Crippen LogP contribution in [0.25, 0.3) is 0 Å². The summed E-state index contributed by atoms with van der Waals surface area (Å²) in [6, 6.07) is 0. The molecule has 8 heavy (non-hydrogen) atoms. The molecule has 0 atom stereocenters. The Kier molecular flexibility index (Phi) is 8.58. The molecule has 0 saturated carbocycles. The molecule has 0 aromatic carbocycles. The van der Waals surface area contributed by atoms with Crippen LogP contribution >= 0.6 is 34.8 Å². The van der Waals surface area contributed by atoms with Gasteiger partial charge in [-0.05, 0) is 13.8 Å². The second-order valence-electron chi connectivity index (χ2n) is 0.804. The van der Waals surface area contributed by atoms with Crippen LogP contribution in [0.2, 0.25) is 0 Å². The van der Waals surface area contributed by atoms with Gasteiger partial charge in [0, 0.05) is 0 Å². The smallest absolute Gasteiger partial charge is 0.190 e. The molecule has 0 fully saturated rings. The predicted molar refractivity (Wildman–Crippen MR) is 37.0 cm³/mol. The normalized spacial score (nSPS) is 9.75. The Balaban J connectivity index is 0. The van der Waals surface area contributed by atoms with Crippen LogP contribution in [-0.4, -0.2) is 10.5 Å². The Morgan fingerprint density at radius 1 is 1.38 bits per heavy atom. The lowest BCUT2D eigenvalue weighted by Gasteiger charge is -1.94. The van der Waals surface area contributed by atoms with Gasteiger partial charge in [0.15, 0.2) is 3.79 Å². The zero-order chi connectivity index (χ0) is 7.21. The first kappa shape index (κ1) is 11.6. The van der Waals surface area contributed by atoms with E-state index in [2.05, 4.69) is 13.8 Å². The van der Waals surface area contributed by atoms with Crippen molar-refractivity contribution in [2.75, 3.05) is 6.67 Å². The molecular weight excluding hydrogens is 173 g/mol. The van der Waals surface area contributed by atoms with Crippen LogP contribution in [0.4, 0.5) is 4.39 Å². The molecule has 0 rings (SSSR count). The average molecular weight is 179 g/mol. The van der Waals surface area contributed by atoms with Crippen LogP contribution in [0.3, 0.4) is 0 Å². The summed E-state index contributed by atoms with van der Waals surface area (Å²) in [7, 11) is 0. The van der Waals surface area contributed by atoms with Gasteiger partial charge in [-0.25, -0.2) is 0 Å². The third-order valence-electron chi connectivity index (χ3n) is 0. The fraction of sp³-hybridized carbons (Fsp3) is 0.500. The van der Waals surface area contributed by atoms with Gasteiger partial charge in [0.2, 0.25) is 0 Å². The van der Waals surface area contributed by atoms with Crippen LogP contribution in [0.5, 0.6) is 0 Å². The minimum Gasteiger partial charge on any atom is -0.251 e. The molecule has 0 aromatic heterocycles. The fourth-order valence-corrected chi connectivity index (χ4v) is 0. The fourth-order valence-electron chi connectivity index (χ4n) is 0. The molecule has 0 aliphatic rings. The Morgan fingerprint density at radius 2 is 1.38 bits per heavy atom. The van der Waals surface area contributed by atoms with E-state index in [1.54, 1.807) is 0 Å². The SMILES string of the molecule is [CH2]C(Cl)(Cl)Cl.[CH2]CF. The second-order valence-corrected chi connectivity index (χ2v) is 3.32. The standard InChI is InChI=1S/C2H2Cl3.C2H4F/c1-2(3,4)5;1-2-3/h1H2;1-2H2. The maximum atomic E-state index is 10.2. The Labute approximate surface area is 63.9 Å². The van der Waals surface area contributed by atoms with Crippen LogP contribution in [0, 0.1) is 13.8 Å². The molecule has 4 heteroatoms. The largest absolute Gasteiger partial charge is 0.251 e. The van der Waals surface area contributed by atoms with Crippen molar-refractivity contribution in [1.82, 2.24) is 0 Å². The summed E-state index contributed by atoms with van der Waals surface area (Å²) in [5.74, 6) is 0. The van der Waals surface area contributed by atoms with E-state index in [9.17, 15) is 4.39 Å². The predicted octanol–water partition coefficient (Wildman–Crippen LogP) is 2.98. The van der Waals surface area contributed by atoms with E-state index in [1.807, 2.05) is 0 Å². The molecule has 0 spiro atoms. The van der Waals surface area contributed by atoms with Crippen LogP contribution < -0.4 is 0 Å². The van der Waals surface area contributed by atoms with Crippen molar-refractivity contribution in [2.45, 2.75) is 3.79 Å². The van der Waals surface area contributed by atoms with Crippen LogP contribution in [0.1, 0.15) is 0 Å². The van der Waals surface area contributed by atoms with Crippen molar-refractivity contribution < 1.29 is 4.39 Å². The Bertz CT molecular complexity index is 35.0. The van der Waals surface area contributed by atoms with Crippen molar-refractivity contribution in [3.05, 3.63) is 13.8 Å². The molecule has 50 valence electrons. The molecule has 0 nitrogen and oxygen atoms in total. The lowest BCUT2D eigenvalue weighted by Crippen LogP contribution is -1.88. The highest BCUT2D eigenvalue weighted by Crippen LogP contribution is 2.22. The van der Waals surface area contributed by atoms with Gasteiger partial charge in [-0.15, -0.1) is 0 Å². The molecular formula is C4H6Cl3F. The summed E-state index contributed by atoms with van der Waals surface area (Å²) < 4.78 is 8.85. The maximum absolute atomic E-state index is 10.2. The molecule has 0 heterocycles. The number of hydrogen-bond acceptors (Lipinski definition) is 0. The van der Waals surface area contributed by atoms with Gasteiger partial charge < -0.3 is 0 Å². The van der Waals surface area contributed by atoms with E-state index in [-0.39, 0.29) is 0 Å². The van der Waals surface area contributed by atoms with Crippen molar-refractivity contribution in [3.8, 4) is 0 Å². The van der Waals surface area contributed by atoms with Gasteiger partial charge in [0.25, 0.3) is 0 Å². The van der Waals surface area contributed by atoms with E-state index >= 15 is 0 Å². The zero-order valence-corrected chi connectivity index (χ0v) is 6.40. The van der Waals surface area contributed by atoms with Crippen LogP contribution in [0.15, 0.2) is 0 Å². The molecule has 0 bridgehead atoms. The number of rotatable bonds is 0. The second kappa shape index (κ2) is 5.93. The molecule has 2 radical (unpaired) electrons. The van der Waals surface area contributed by atoms with Crippen LogP contribution in [-0.2, 0) is 0 Å². The molecule has 0 saturated heterocycles. The first-order chi connectivity index (χ1) is 3.41. The first-order valence-electron chi connectivity index (χ1n) is 1.69. The highest BCUT2D eigenvalue weighted by atomic mass is 35.6. The third-order valence-corrected chi connectivity index (χ3v) is 0. The summed E-state index contributed by atoms with van der Waals surface area (Å²) in [6.45, 7) is 5.39. The highest BCUT2D eigenvalue weighted by molar-refractivity contribution is 6.68. The highest BCUT2D eigenvalue weighted by Gasteiger charge is 2.07. The average Bonchev–Trinajstić information content (AvgIpc) is 1.27. The lowest BCUT2D eigenvalue weighted by molar-refractivity contribution is 0.559. The monoisotopic (exact) mass is 178 g/mol. The van der Waals surface area contributed by atoms with E-state index in [0.29, 0.717) is 0 Å². The molecule has 0 aliphatic heterocycles. The summed E-state index contributed by atoms with van der Waals surface area (Å²) >= 11 is 14.8. The molecule has 0 amide bonds. The van der Waals surface area contributed by atoms with Crippen molar-refractivity contribution in [1.29, 1.82) is 0 Å². The van der Waals surface area contributed by atoms with E-state index in [1.165, 1.54) is 0 Å². The summed E-state index contributed by atoms with van der Waals surface area (Å²) in [4.78, 5) is 0. The number of hydrogen-bond donors (Lipinski definition) is 0. The summed E-state index contributed by atoms with van der Waals surface area (Å²) in [6.07, 6.45) is 0. The lowest BCUT2D eigenvalue weighted by atomic mass is 10.9. The van der Waals surface area contributed by atoms with E-state index in [4.69, 9.17) is 34.8 Å². The van der Waals surface area contributed by atoms with Gasteiger partial charge >= 0.3 is 0 Å². The zero-order valence-electron chi connectivity index (χ0n) is 4.13. The molecule has 0 unspecified atom stereocenters. The van der Waals surface area contributed by atoms with Gasteiger partial charge in [-0.1, -0.05) is 34.8 Å². The summed E-state index contributed by atoms with van der Waals surface area (Å²) in [5, 5.41) is 0. The third kappa shape index (κ3) is 357. The molecule has 0 aliphatic carbocycles. The minimum absolute atomic E-state index is 0.500.